The summed E-state index contributed by atoms with van der Waals surface area (Å²) in [5, 5.41) is 13.5. The third kappa shape index (κ3) is 4.42. The molecule has 2 N–H and O–H groups in total. The van der Waals surface area contributed by atoms with E-state index in [1.165, 1.54) is 30.3 Å². The van der Waals surface area contributed by atoms with Crippen molar-refractivity contribution in [2.24, 2.45) is 0 Å². The molecule has 114 valence electrons. The Labute approximate surface area is 129 Å². The van der Waals surface area contributed by atoms with Crippen LogP contribution in [0, 0.1) is 17.0 Å². The number of aromatic nitrogens is 2. The zero-order valence-electron chi connectivity index (χ0n) is 11.5. The number of nitrogens with zero attached hydrogens (tertiary/aromatic N) is 2. The number of aryl methyl sites for hydroxylation is 1. The minimum absolute atomic E-state index is 0.0473. The molecule has 0 saturated carbocycles. The molecule has 1 aromatic heterocycles. The minimum atomic E-state index is -0.513. The number of aromatic amines is 1. The van der Waals surface area contributed by atoms with Crippen LogP contribution in [0.3, 0.4) is 0 Å². The average molecular weight is 320 g/mol. The maximum Gasteiger partial charge on any atom is 0.269 e. The van der Waals surface area contributed by atoms with E-state index >= 15 is 0 Å². The lowest BCUT2D eigenvalue weighted by Gasteiger charge is -2.05. The van der Waals surface area contributed by atoms with Gasteiger partial charge in [-0.2, -0.15) is 0 Å². The lowest BCUT2D eigenvalue weighted by molar-refractivity contribution is -0.384. The van der Waals surface area contributed by atoms with E-state index in [0.717, 1.165) is 11.8 Å². The van der Waals surface area contributed by atoms with Gasteiger partial charge in [0.2, 0.25) is 5.91 Å². The van der Waals surface area contributed by atoms with Gasteiger partial charge in [-0.15, -0.1) is 0 Å². The number of non-ortho nitro benzene ring substituents is 1. The average Bonchev–Trinajstić information content (AvgIpc) is 2.45. The van der Waals surface area contributed by atoms with Crippen molar-refractivity contribution >= 4 is 29.0 Å². The predicted octanol–water partition coefficient (Wildman–Crippen LogP) is 1.72. The second-order valence-corrected chi connectivity index (χ2v) is 5.30. The second kappa shape index (κ2) is 6.85. The molecule has 0 unspecified atom stereocenters. The van der Waals surface area contributed by atoms with Gasteiger partial charge < -0.3 is 10.3 Å². The molecule has 0 fully saturated rings. The first-order valence-corrected chi connectivity index (χ1v) is 7.17. The Balaban J connectivity index is 1.92. The van der Waals surface area contributed by atoms with E-state index in [1.54, 1.807) is 6.92 Å². The predicted molar refractivity (Wildman–Crippen MR) is 82.0 cm³/mol. The summed E-state index contributed by atoms with van der Waals surface area (Å²) >= 11 is 1.10. The fourth-order valence-corrected chi connectivity index (χ4v) is 2.34. The highest BCUT2D eigenvalue weighted by Crippen LogP contribution is 2.16. The number of nitro groups is 1. The van der Waals surface area contributed by atoms with Gasteiger partial charge in [0.1, 0.15) is 0 Å². The number of H-pyrrole nitrogens is 1. The highest BCUT2D eigenvalue weighted by Gasteiger charge is 2.08. The largest absolute Gasteiger partial charge is 0.325 e. The van der Waals surface area contributed by atoms with Gasteiger partial charge in [0, 0.05) is 29.6 Å². The van der Waals surface area contributed by atoms with Gasteiger partial charge in [-0.05, 0) is 19.1 Å². The molecule has 1 amide bonds. The third-order valence-corrected chi connectivity index (χ3v) is 3.42. The highest BCUT2D eigenvalue weighted by atomic mass is 32.2. The van der Waals surface area contributed by atoms with Crippen molar-refractivity contribution in [2.45, 2.75) is 12.1 Å². The van der Waals surface area contributed by atoms with Crippen LogP contribution < -0.4 is 10.9 Å². The summed E-state index contributed by atoms with van der Waals surface area (Å²) < 4.78 is 0. The molecule has 1 aromatic carbocycles. The fraction of sp³-hybridized carbons (Fsp3) is 0.154. The van der Waals surface area contributed by atoms with Crippen molar-refractivity contribution in [3.05, 3.63) is 56.5 Å². The van der Waals surface area contributed by atoms with Gasteiger partial charge in [0.15, 0.2) is 5.16 Å². The SMILES string of the molecule is Cc1cc(=O)[nH]c(SCC(=O)Nc2ccc([N+](=O)[O-])cc2)n1. The van der Waals surface area contributed by atoms with Crippen molar-refractivity contribution in [3.63, 3.8) is 0 Å². The van der Waals surface area contributed by atoms with Gasteiger partial charge in [0.05, 0.1) is 10.7 Å². The quantitative estimate of drug-likeness (QED) is 0.375. The normalized spacial score (nSPS) is 10.2. The standard InChI is InChI=1S/C13H12N4O4S/c1-8-6-11(18)16-13(14-8)22-7-12(19)15-9-2-4-10(5-3-9)17(20)21/h2-6H,7H2,1H3,(H,15,19)(H,14,16,18). The number of amides is 1. The van der Waals surface area contributed by atoms with Gasteiger partial charge in [-0.25, -0.2) is 4.98 Å². The van der Waals surface area contributed by atoms with Gasteiger partial charge >= 0.3 is 0 Å². The molecule has 1 heterocycles. The molecule has 22 heavy (non-hydrogen) atoms. The molecule has 0 spiro atoms. The molecule has 0 bridgehead atoms. The number of benzene rings is 1. The molecule has 2 rings (SSSR count). The van der Waals surface area contributed by atoms with E-state index in [9.17, 15) is 19.7 Å². The lowest BCUT2D eigenvalue weighted by atomic mass is 10.3. The molecule has 9 heteroatoms. The van der Waals surface area contributed by atoms with E-state index in [2.05, 4.69) is 15.3 Å². The summed E-state index contributed by atoms with van der Waals surface area (Å²) in [7, 11) is 0. The number of carbonyl (C=O) groups is 1. The molecule has 0 radical (unpaired) electrons. The summed E-state index contributed by atoms with van der Waals surface area (Å²) in [6.45, 7) is 1.69. The number of thioether (sulfide) groups is 1. The Morgan fingerprint density at radius 2 is 2.09 bits per heavy atom. The van der Waals surface area contributed by atoms with E-state index in [-0.39, 0.29) is 22.9 Å². The van der Waals surface area contributed by atoms with E-state index in [0.29, 0.717) is 16.5 Å². The number of carbonyl (C=O) groups excluding carboxylic acids is 1. The molecular formula is C13H12N4O4S. The highest BCUT2D eigenvalue weighted by molar-refractivity contribution is 7.99. The molecular weight excluding hydrogens is 308 g/mol. The van der Waals surface area contributed by atoms with Crippen LogP contribution in [-0.4, -0.2) is 26.6 Å². The third-order valence-electron chi connectivity index (χ3n) is 2.55. The van der Waals surface area contributed by atoms with Crippen LogP contribution in [-0.2, 0) is 4.79 Å². The van der Waals surface area contributed by atoms with Crippen LogP contribution in [0.15, 0.2) is 40.3 Å². The van der Waals surface area contributed by atoms with Crippen LogP contribution in [0.25, 0.3) is 0 Å². The van der Waals surface area contributed by atoms with Crippen LogP contribution in [0.1, 0.15) is 5.69 Å². The first-order valence-electron chi connectivity index (χ1n) is 6.19. The second-order valence-electron chi connectivity index (χ2n) is 4.33. The zero-order valence-corrected chi connectivity index (χ0v) is 12.3. The topological polar surface area (TPSA) is 118 Å². The van der Waals surface area contributed by atoms with Crippen molar-refractivity contribution in [1.82, 2.24) is 9.97 Å². The summed E-state index contributed by atoms with van der Waals surface area (Å²) in [5.74, 6) is -0.244. The molecule has 0 atom stereocenters. The summed E-state index contributed by atoms with van der Waals surface area (Å²) in [6, 6.07) is 6.88. The number of rotatable bonds is 5. The van der Waals surface area contributed by atoms with Crippen LogP contribution in [0.5, 0.6) is 0 Å². The Morgan fingerprint density at radius 3 is 2.68 bits per heavy atom. The number of hydrogen-bond donors (Lipinski definition) is 2. The maximum absolute atomic E-state index is 11.8. The molecule has 8 nitrogen and oxygen atoms in total. The minimum Gasteiger partial charge on any atom is -0.325 e. The molecule has 0 aliphatic rings. The van der Waals surface area contributed by atoms with E-state index in [4.69, 9.17) is 0 Å². The van der Waals surface area contributed by atoms with Gasteiger partial charge in [-0.1, -0.05) is 11.8 Å². The van der Waals surface area contributed by atoms with Crippen molar-refractivity contribution in [3.8, 4) is 0 Å². The van der Waals surface area contributed by atoms with Crippen LogP contribution in [0.4, 0.5) is 11.4 Å². The van der Waals surface area contributed by atoms with E-state index < -0.39 is 4.92 Å². The molecule has 2 aromatic rings. The molecule has 0 aliphatic carbocycles. The van der Waals surface area contributed by atoms with Crippen LogP contribution in [0.2, 0.25) is 0 Å². The Morgan fingerprint density at radius 1 is 1.41 bits per heavy atom. The first kappa shape index (κ1) is 15.7. The smallest absolute Gasteiger partial charge is 0.269 e. The number of nitrogens with one attached hydrogen (secondary N) is 2. The molecule has 0 aliphatic heterocycles. The number of anilines is 1. The van der Waals surface area contributed by atoms with Crippen LogP contribution >= 0.6 is 11.8 Å². The van der Waals surface area contributed by atoms with Gasteiger partial charge in [0.25, 0.3) is 11.2 Å². The first-order chi connectivity index (χ1) is 10.4. The zero-order chi connectivity index (χ0) is 16.1. The molecule has 0 saturated heterocycles. The summed E-state index contributed by atoms with van der Waals surface area (Å²) in [6.07, 6.45) is 0. The van der Waals surface area contributed by atoms with Crippen molar-refractivity contribution in [2.75, 3.05) is 11.1 Å². The number of nitro benzene ring substituents is 1. The summed E-state index contributed by atoms with van der Waals surface area (Å²) in [4.78, 5) is 39.7. The van der Waals surface area contributed by atoms with Crippen molar-refractivity contribution < 1.29 is 9.72 Å². The maximum atomic E-state index is 11.8. The number of hydrogen-bond acceptors (Lipinski definition) is 6. The monoisotopic (exact) mass is 320 g/mol. The van der Waals surface area contributed by atoms with Gasteiger partial charge in [-0.3, -0.25) is 19.7 Å². The summed E-state index contributed by atoms with van der Waals surface area (Å²) in [5.41, 5.74) is 0.712. The Hall–Kier alpha value is -2.68. The Bertz CT molecular complexity index is 757. The Kier molecular flexibility index (Phi) is 4.89. The lowest BCUT2D eigenvalue weighted by Crippen LogP contribution is -2.15. The van der Waals surface area contributed by atoms with E-state index in [1.807, 2.05) is 0 Å². The fourth-order valence-electron chi connectivity index (χ4n) is 1.62. The van der Waals surface area contributed by atoms with Crippen molar-refractivity contribution in [1.29, 1.82) is 0 Å².